The Bertz CT molecular complexity index is 251. The summed E-state index contributed by atoms with van der Waals surface area (Å²) in [6, 6.07) is 0. The molecule has 0 bridgehead atoms. The average Bonchev–Trinajstić information content (AvgIpc) is 2.30. The SMILES string of the molecule is CCOC(=O)C(CC)CCC(C)OC(C)=NC. The summed E-state index contributed by atoms with van der Waals surface area (Å²) in [6.07, 6.45) is 2.53. The van der Waals surface area contributed by atoms with E-state index in [1.807, 2.05) is 27.7 Å². The number of ether oxygens (including phenoxy) is 2. The van der Waals surface area contributed by atoms with Crippen molar-refractivity contribution in [3.05, 3.63) is 0 Å². The molecule has 0 aromatic heterocycles. The summed E-state index contributed by atoms with van der Waals surface area (Å²) < 4.78 is 10.6. The smallest absolute Gasteiger partial charge is 0.308 e. The summed E-state index contributed by atoms with van der Waals surface area (Å²) in [5.41, 5.74) is 0. The predicted molar refractivity (Wildman–Crippen MR) is 69.2 cm³/mol. The Balaban J connectivity index is 4.01. The van der Waals surface area contributed by atoms with Crippen molar-refractivity contribution in [1.29, 1.82) is 0 Å². The molecule has 0 N–H and O–H groups in total. The molecule has 0 spiro atoms. The van der Waals surface area contributed by atoms with Gasteiger partial charge in [-0.3, -0.25) is 9.79 Å². The van der Waals surface area contributed by atoms with Crippen LogP contribution in [0.4, 0.5) is 0 Å². The van der Waals surface area contributed by atoms with Crippen LogP contribution in [0.5, 0.6) is 0 Å². The number of carbonyl (C=O) groups is 1. The Morgan fingerprint density at radius 1 is 1.29 bits per heavy atom. The minimum absolute atomic E-state index is 0.0140. The lowest BCUT2D eigenvalue weighted by atomic mass is 9.99. The highest BCUT2D eigenvalue weighted by Crippen LogP contribution is 2.16. The van der Waals surface area contributed by atoms with Gasteiger partial charge in [0.2, 0.25) is 0 Å². The Labute approximate surface area is 104 Å². The third-order valence-corrected chi connectivity index (χ3v) is 2.72. The van der Waals surface area contributed by atoms with Crippen LogP contribution in [0.3, 0.4) is 0 Å². The van der Waals surface area contributed by atoms with Crippen molar-refractivity contribution in [1.82, 2.24) is 0 Å². The molecule has 0 rings (SSSR count). The van der Waals surface area contributed by atoms with Crippen LogP contribution < -0.4 is 0 Å². The van der Waals surface area contributed by atoms with Crippen LogP contribution in [0.15, 0.2) is 4.99 Å². The van der Waals surface area contributed by atoms with Crippen LogP contribution in [0.1, 0.15) is 47.0 Å². The zero-order valence-electron chi connectivity index (χ0n) is 11.7. The quantitative estimate of drug-likeness (QED) is 0.392. The molecular weight excluding hydrogens is 218 g/mol. The van der Waals surface area contributed by atoms with Gasteiger partial charge in [-0.15, -0.1) is 0 Å². The molecule has 4 heteroatoms. The molecule has 0 saturated heterocycles. The fraction of sp³-hybridized carbons (Fsp3) is 0.846. The van der Waals surface area contributed by atoms with Gasteiger partial charge >= 0.3 is 5.97 Å². The lowest BCUT2D eigenvalue weighted by molar-refractivity contribution is -0.148. The molecule has 2 atom stereocenters. The van der Waals surface area contributed by atoms with Crippen molar-refractivity contribution < 1.29 is 14.3 Å². The number of carbonyl (C=O) groups excluding carboxylic acids is 1. The fourth-order valence-electron chi connectivity index (χ4n) is 1.59. The number of nitrogens with zero attached hydrogens (tertiary/aromatic N) is 1. The van der Waals surface area contributed by atoms with Gasteiger partial charge in [-0.25, -0.2) is 0 Å². The number of rotatable bonds is 7. The second-order valence-electron chi connectivity index (χ2n) is 4.11. The Morgan fingerprint density at radius 2 is 1.94 bits per heavy atom. The van der Waals surface area contributed by atoms with Gasteiger partial charge in [-0.05, 0) is 33.1 Å². The maximum atomic E-state index is 11.6. The van der Waals surface area contributed by atoms with Crippen LogP contribution in [0.2, 0.25) is 0 Å². The molecule has 0 aromatic rings. The van der Waals surface area contributed by atoms with Gasteiger partial charge in [0.25, 0.3) is 0 Å². The van der Waals surface area contributed by atoms with E-state index in [1.54, 1.807) is 7.05 Å². The van der Waals surface area contributed by atoms with E-state index in [2.05, 4.69) is 4.99 Å². The van der Waals surface area contributed by atoms with E-state index < -0.39 is 0 Å². The highest BCUT2D eigenvalue weighted by atomic mass is 16.5. The summed E-state index contributed by atoms with van der Waals surface area (Å²) in [4.78, 5) is 15.5. The van der Waals surface area contributed by atoms with Gasteiger partial charge in [0, 0.05) is 14.0 Å². The largest absolute Gasteiger partial charge is 0.478 e. The van der Waals surface area contributed by atoms with Crippen molar-refractivity contribution in [3.63, 3.8) is 0 Å². The molecule has 0 fully saturated rings. The van der Waals surface area contributed by atoms with Gasteiger partial charge < -0.3 is 9.47 Å². The van der Waals surface area contributed by atoms with E-state index in [9.17, 15) is 4.79 Å². The lowest BCUT2D eigenvalue weighted by Gasteiger charge is -2.17. The first kappa shape index (κ1) is 15.9. The minimum Gasteiger partial charge on any atom is -0.478 e. The molecule has 100 valence electrons. The number of esters is 1. The zero-order chi connectivity index (χ0) is 13.3. The number of hydrogen-bond donors (Lipinski definition) is 0. The maximum absolute atomic E-state index is 11.6. The van der Waals surface area contributed by atoms with Gasteiger partial charge in [0.15, 0.2) is 5.90 Å². The molecule has 0 aliphatic rings. The summed E-state index contributed by atoms with van der Waals surface area (Å²) in [6.45, 7) is 8.11. The summed E-state index contributed by atoms with van der Waals surface area (Å²) >= 11 is 0. The third-order valence-electron chi connectivity index (χ3n) is 2.72. The highest BCUT2D eigenvalue weighted by molar-refractivity contribution is 5.73. The van der Waals surface area contributed by atoms with Crippen molar-refractivity contribution in [2.24, 2.45) is 10.9 Å². The van der Waals surface area contributed by atoms with Crippen LogP contribution >= 0.6 is 0 Å². The van der Waals surface area contributed by atoms with E-state index in [0.717, 1.165) is 19.3 Å². The third kappa shape index (κ3) is 6.97. The Kier molecular flexibility index (Phi) is 8.46. The van der Waals surface area contributed by atoms with Crippen molar-refractivity contribution in [3.8, 4) is 0 Å². The molecule has 0 saturated carbocycles. The monoisotopic (exact) mass is 243 g/mol. The Morgan fingerprint density at radius 3 is 2.41 bits per heavy atom. The zero-order valence-corrected chi connectivity index (χ0v) is 11.7. The molecule has 2 unspecified atom stereocenters. The first-order valence-electron chi connectivity index (χ1n) is 6.31. The number of hydrogen-bond acceptors (Lipinski definition) is 4. The summed E-state index contributed by atoms with van der Waals surface area (Å²) in [5, 5.41) is 0. The van der Waals surface area contributed by atoms with Crippen molar-refractivity contribution >= 4 is 11.9 Å². The lowest BCUT2D eigenvalue weighted by Crippen LogP contribution is -2.20. The second-order valence-corrected chi connectivity index (χ2v) is 4.11. The predicted octanol–water partition coefficient (Wildman–Crippen LogP) is 2.81. The normalized spacial score (nSPS) is 15.2. The molecule has 0 heterocycles. The van der Waals surface area contributed by atoms with Crippen LogP contribution in [-0.2, 0) is 14.3 Å². The first-order valence-corrected chi connectivity index (χ1v) is 6.31. The molecule has 17 heavy (non-hydrogen) atoms. The first-order chi connectivity index (χ1) is 8.04. The molecule has 0 aliphatic carbocycles. The van der Waals surface area contributed by atoms with Gasteiger partial charge in [-0.2, -0.15) is 0 Å². The second kappa shape index (κ2) is 9.02. The van der Waals surface area contributed by atoms with Crippen molar-refractivity contribution in [2.75, 3.05) is 13.7 Å². The van der Waals surface area contributed by atoms with Crippen LogP contribution in [-0.4, -0.2) is 31.6 Å². The molecule has 0 aliphatic heterocycles. The van der Waals surface area contributed by atoms with E-state index >= 15 is 0 Å². The maximum Gasteiger partial charge on any atom is 0.308 e. The topological polar surface area (TPSA) is 47.9 Å². The number of aliphatic imine (C=N–C) groups is 1. The van der Waals surface area contributed by atoms with E-state index in [1.165, 1.54) is 0 Å². The van der Waals surface area contributed by atoms with Gasteiger partial charge in [0.05, 0.1) is 18.6 Å². The Hall–Kier alpha value is -1.06. The van der Waals surface area contributed by atoms with Gasteiger partial charge in [0.1, 0.15) is 0 Å². The van der Waals surface area contributed by atoms with E-state index in [0.29, 0.717) is 12.5 Å². The molecule has 0 aromatic carbocycles. The summed E-state index contributed by atoms with van der Waals surface area (Å²) in [5.74, 6) is 0.574. The average molecular weight is 243 g/mol. The van der Waals surface area contributed by atoms with E-state index in [4.69, 9.17) is 9.47 Å². The highest BCUT2D eigenvalue weighted by Gasteiger charge is 2.18. The molecule has 4 nitrogen and oxygen atoms in total. The van der Waals surface area contributed by atoms with Crippen LogP contribution in [0.25, 0.3) is 0 Å². The van der Waals surface area contributed by atoms with E-state index in [-0.39, 0.29) is 18.0 Å². The van der Waals surface area contributed by atoms with Crippen molar-refractivity contribution in [2.45, 2.75) is 53.1 Å². The molecule has 0 amide bonds. The summed E-state index contributed by atoms with van der Waals surface area (Å²) in [7, 11) is 1.70. The van der Waals surface area contributed by atoms with Gasteiger partial charge in [-0.1, -0.05) is 6.92 Å². The minimum atomic E-state index is -0.0944. The fourth-order valence-corrected chi connectivity index (χ4v) is 1.59. The standard InChI is InChI=1S/C13H25NO3/c1-6-12(13(15)16-7-2)9-8-10(3)17-11(4)14-5/h10,12H,6-9H2,1-5H3. The molecular formula is C13H25NO3. The van der Waals surface area contributed by atoms with Crippen LogP contribution in [0, 0.1) is 5.92 Å². The molecule has 0 radical (unpaired) electrons.